The molecule has 0 aliphatic rings. The molecule has 0 fully saturated rings. The quantitative estimate of drug-likeness (QED) is 0.836. The van der Waals surface area contributed by atoms with Crippen molar-refractivity contribution in [3.63, 3.8) is 0 Å². The highest BCUT2D eigenvalue weighted by molar-refractivity contribution is 7.92. The summed E-state index contributed by atoms with van der Waals surface area (Å²) in [5.41, 5.74) is 0. The van der Waals surface area contributed by atoms with E-state index in [-0.39, 0.29) is 20.9 Å². The van der Waals surface area contributed by atoms with E-state index in [9.17, 15) is 16.8 Å². The topological polar surface area (TPSA) is 106 Å². The molecule has 10 heteroatoms. The van der Waals surface area contributed by atoms with E-state index in [1.54, 1.807) is 0 Å². The highest BCUT2D eigenvalue weighted by Gasteiger charge is 2.17. The number of nitrogens with zero attached hydrogens (tertiary/aromatic N) is 2. The standard InChI is InChI=1S/C11H10ClN3O4S2/c1-20(16,17)8-2-4-9(5-3-8)21(18,19)15-11-13-7-6-10(12)14-11/h2-7H,1H3,(H,13,14,15). The van der Waals surface area contributed by atoms with Crippen molar-refractivity contribution in [1.29, 1.82) is 0 Å². The molecule has 0 bridgehead atoms. The van der Waals surface area contributed by atoms with Crippen LogP contribution in [0, 0.1) is 0 Å². The number of halogens is 1. The number of aromatic nitrogens is 2. The number of hydrogen-bond acceptors (Lipinski definition) is 6. The van der Waals surface area contributed by atoms with Crippen LogP contribution < -0.4 is 4.72 Å². The highest BCUT2D eigenvalue weighted by Crippen LogP contribution is 2.17. The second kappa shape index (κ2) is 5.58. The number of sulfonamides is 1. The van der Waals surface area contributed by atoms with Crippen LogP contribution in [0.4, 0.5) is 5.95 Å². The van der Waals surface area contributed by atoms with E-state index in [1.807, 2.05) is 0 Å². The predicted molar refractivity (Wildman–Crippen MR) is 77.4 cm³/mol. The van der Waals surface area contributed by atoms with Crippen molar-refractivity contribution >= 4 is 37.4 Å². The van der Waals surface area contributed by atoms with Gasteiger partial charge in [-0.05, 0) is 30.3 Å². The Morgan fingerprint density at radius 2 is 1.57 bits per heavy atom. The van der Waals surface area contributed by atoms with Gasteiger partial charge in [-0.2, -0.15) is 0 Å². The maximum absolute atomic E-state index is 12.1. The van der Waals surface area contributed by atoms with Crippen LogP contribution in [0.2, 0.25) is 5.15 Å². The summed E-state index contributed by atoms with van der Waals surface area (Å²) in [4.78, 5) is 7.35. The Balaban J connectivity index is 2.32. The lowest BCUT2D eigenvalue weighted by Crippen LogP contribution is -2.15. The molecule has 0 atom stereocenters. The van der Waals surface area contributed by atoms with E-state index in [0.29, 0.717) is 0 Å². The second-order valence-corrected chi connectivity index (χ2v) is 8.14. The smallest absolute Gasteiger partial charge is 0.247 e. The molecule has 0 aliphatic carbocycles. The van der Waals surface area contributed by atoms with Crippen LogP contribution in [0.3, 0.4) is 0 Å². The summed E-state index contributed by atoms with van der Waals surface area (Å²) in [6.07, 6.45) is 2.34. The van der Waals surface area contributed by atoms with Crippen molar-refractivity contribution in [3.05, 3.63) is 41.7 Å². The second-order valence-electron chi connectivity index (χ2n) is 4.05. The lowest BCUT2D eigenvalue weighted by Gasteiger charge is -2.07. The Kier molecular flexibility index (Phi) is 4.17. The van der Waals surface area contributed by atoms with E-state index in [4.69, 9.17) is 11.6 Å². The van der Waals surface area contributed by atoms with Crippen LogP contribution in [-0.2, 0) is 19.9 Å². The van der Waals surface area contributed by atoms with Crippen LogP contribution in [0.5, 0.6) is 0 Å². The zero-order valence-corrected chi connectivity index (χ0v) is 13.1. The summed E-state index contributed by atoms with van der Waals surface area (Å²) in [5.74, 6) is -0.172. The minimum atomic E-state index is -3.92. The fraction of sp³-hybridized carbons (Fsp3) is 0.0909. The summed E-state index contributed by atoms with van der Waals surface area (Å²) in [6, 6.07) is 6.19. The third kappa shape index (κ3) is 3.90. The zero-order valence-electron chi connectivity index (χ0n) is 10.7. The van der Waals surface area contributed by atoms with Gasteiger partial charge in [0.15, 0.2) is 9.84 Å². The first-order chi connectivity index (χ1) is 9.68. The first-order valence-corrected chi connectivity index (χ1v) is 9.25. The number of rotatable bonds is 4. The molecular weight excluding hydrogens is 338 g/mol. The van der Waals surface area contributed by atoms with Crippen molar-refractivity contribution in [2.75, 3.05) is 11.0 Å². The molecule has 0 saturated heterocycles. The maximum Gasteiger partial charge on any atom is 0.264 e. The third-order valence-corrected chi connectivity index (χ3v) is 5.09. The molecule has 1 aromatic heterocycles. The lowest BCUT2D eigenvalue weighted by atomic mass is 10.4. The van der Waals surface area contributed by atoms with E-state index in [1.165, 1.54) is 36.5 Å². The van der Waals surface area contributed by atoms with Crippen LogP contribution in [0.25, 0.3) is 0 Å². The van der Waals surface area contributed by atoms with Crippen LogP contribution in [0.1, 0.15) is 0 Å². The van der Waals surface area contributed by atoms with Gasteiger partial charge in [0.05, 0.1) is 9.79 Å². The monoisotopic (exact) mass is 347 g/mol. The molecule has 2 aromatic rings. The third-order valence-electron chi connectivity index (χ3n) is 2.41. The minimum absolute atomic E-state index is 0.0282. The van der Waals surface area contributed by atoms with E-state index in [0.717, 1.165) is 6.26 Å². The number of benzene rings is 1. The van der Waals surface area contributed by atoms with Gasteiger partial charge in [-0.25, -0.2) is 31.5 Å². The molecule has 0 spiro atoms. The predicted octanol–water partition coefficient (Wildman–Crippen LogP) is 1.33. The fourth-order valence-electron chi connectivity index (χ4n) is 1.43. The fourth-order valence-corrected chi connectivity index (χ4v) is 3.15. The molecule has 0 aliphatic heterocycles. The van der Waals surface area contributed by atoms with Gasteiger partial charge >= 0.3 is 0 Å². The Morgan fingerprint density at radius 1 is 1.00 bits per heavy atom. The molecular formula is C11H10ClN3O4S2. The van der Waals surface area contributed by atoms with Gasteiger partial charge in [-0.3, -0.25) is 0 Å². The van der Waals surface area contributed by atoms with Crippen molar-refractivity contribution in [3.8, 4) is 0 Å². The number of nitrogens with one attached hydrogen (secondary N) is 1. The highest BCUT2D eigenvalue weighted by atomic mass is 35.5. The first kappa shape index (κ1) is 15.7. The Morgan fingerprint density at radius 3 is 2.10 bits per heavy atom. The molecule has 0 radical (unpaired) electrons. The molecule has 1 heterocycles. The summed E-state index contributed by atoms with van der Waals surface area (Å²) in [5, 5.41) is 0.0927. The average Bonchev–Trinajstić information content (AvgIpc) is 2.37. The Labute approximate surface area is 127 Å². The number of sulfone groups is 1. The van der Waals surface area contributed by atoms with Gasteiger partial charge in [-0.1, -0.05) is 11.6 Å². The Bertz CT molecular complexity index is 865. The largest absolute Gasteiger partial charge is 0.264 e. The van der Waals surface area contributed by atoms with Crippen LogP contribution in [0.15, 0.2) is 46.3 Å². The Hall–Kier alpha value is -1.71. The normalized spacial score (nSPS) is 12.1. The summed E-state index contributed by atoms with van der Waals surface area (Å²) in [7, 11) is -7.31. The molecule has 2 rings (SSSR count). The van der Waals surface area contributed by atoms with Crippen molar-refractivity contribution in [1.82, 2.24) is 9.97 Å². The van der Waals surface area contributed by atoms with Gasteiger partial charge in [0.2, 0.25) is 5.95 Å². The van der Waals surface area contributed by atoms with Gasteiger partial charge in [0, 0.05) is 12.5 Å². The molecule has 112 valence electrons. The van der Waals surface area contributed by atoms with Crippen molar-refractivity contribution in [2.24, 2.45) is 0 Å². The molecule has 0 unspecified atom stereocenters. The van der Waals surface area contributed by atoms with E-state index < -0.39 is 19.9 Å². The van der Waals surface area contributed by atoms with Crippen LogP contribution >= 0.6 is 11.6 Å². The molecule has 0 amide bonds. The van der Waals surface area contributed by atoms with Gasteiger partial charge in [0.1, 0.15) is 5.15 Å². The van der Waals surface area contributed by atoms with E-state index in [2.05, 4.69) is 14.7 Å². The summed E-state index contributed by atoms with van der Waals surface area (Å²) >= 11 is 5.64. The van der Waals surface area contributed by atoms with E-state index >= 15 is 0 Å². The summed E-state index contributed by atoms with van der Waals surface area (Å²) in [6.45, 7) is 0. The molecule has 0 saturated carbocycles. The number of anilines is 1. The van der Waals surface area contributed by atoms with Crippen LogP contribution in [-0.4, -0.2) is 33.1 Å². The maximum atomic E-state index is 12.1. The van der Waals surface area contributed by atoms with Gasteiger partial charge in [0.25, 0.3) is 10.0 Å². The van der Waals surface area contributed by atoms with Gasteiger partial charge in [-0.15, -0.1) is 0 Å². The lowest BCUT2D eigenvalue weighted by molar-refractivity contribution is 0.597. The van der Waals surface area contributed by atoms with Gasteiger partial charge < -0.3 is 0 Å². The van der Waals surface area contributed by atoms with Crippen molar-refractivity contribution < 1.29 is 16.8 Å². The average molecular weight is 348 g/mol. The number of hydrogen-bond donors (Lipinski definition) is 1. The molecule has 7 nitrogen and oxygen atoms in total. The molecule has 21 heavy (non-hydrogen) atoms. The van der Waals surface area contributed by atoms with Crippen molar-refractivity contribution in [2.45, 2.75) is 9.79 Å². The zero-order chi connectivity index (χ0) is 15.7. The molecule has 1 N–H and O–H groups in total. The molecule has 1 aromatic carbocycles. The minimum Gasteiger partial charge on any atom is -0.247 e. The SMILES string of the molecule is CS(=O)(=O)c1ccc(S(=O)(=O)Nc2nccc(Cl)n2)cc1. The first-order valence-electron chi connectivity index (χ1n) is 5.50. The summed E-state index contributed by atoms with van der Waals surface area (Å²) < 4.78 is 49.0.